The Morgan fingerprint density at radius 2 is 1.59 bits per heavy atom. The zero-order valence-corrected chi connectivity index (χ0v) is 20.4. The van der Waals surface area contributed by atoms with Crippen LogP contribution in [0.3, 0.4) is 0 Å². The quantitative estimate of drug-likeness (QED) is 0.319. The molecule has 1 fully saturated rings. The van der Waals surface area contributed by atoms with E-state index in [1.165, 1.54) is 35.7 Å². The highest BCUT2D eigenvalue weighted by Crippen LogP contribution is 2.33. The minimum Gasteiger partial charge on any atom is -0.481 e. The zero-order valence-electron chi connectivity index (χ0n) is 19.6. The summed E-state index contributed by atoms with van der Waals surface area (Å²) >= 11 is 0. The minimum atomic E-state index is -0.753. The molecule has 0 saturated carbocycles. The molecule has 1 aliphatic rings. The fraction of sp³-hybridized carbons (Fsp3) is 0.393. The van der Waals surface area contributed by atoms with Crippen molar-refractivity contribution < 1.29 is 14.3 Å². The summed E-state index contributed by atoms with van der Waals surface area (Å²) in [5, 5.41) is 2.23. The second-order valence-electron chi connectivity index (χ2n) is 9.15. The molecule has 0 atom stereocenters. The monoisotopic (exact) mass is 449 g/mol. The fourth-order valence-corrected chi connectivity index (χ4v) is 7.09. The van der Waals surface area contributed by atoms with Gasteiger partial charge in [0, 0.05) is 16.5 Å². The molecule has 32 heavy (non-hydrogen) atoms. The van der Waals surface area contributed by atoms with Gasteiger partial charge < -0.3 is 9.47 Å². The van der Waals surface area contributed by atoms with Crippen molar-refractivity contribution in [1.29, 1.82) is 0 Å². The Morgan fingerprint density at radius 1 is 0.938 bits per heavy atom. The Bertz CT molecular complexity index is 1080. The van der Waals surface area contributed by atoms with Gasteiger partial charge in [-0.2, -0.15) is 0 Å². The van der Waals surface area contributed by atoms with E-state index < -0.39 is 5.60 Å². The number of ether oxygens (including phenoxy) is 2. The average Bonchev–Trinajstić information content (AvgIpc) is 2.78. The van der Waals surface area contributed by atoms with Gasteiger partial charge in [0.15, 0.2) is 11.5 Å². The van der Waals surface area contributed by atoms with Gasteiger partial charge in [0.05, 0.1) is 0 Å². The van der Waals surface area contributed by atoms with Crippen LogP contribution in [0.4, 0.5) is 0 Å². The van der Waals surface area contributed by atoms with Crippen LogP contribution in [-0.4, -0.2) is 24.1 Å². The van der Waals surface area contributed by atoms with Crippen LogP contribution in [0.25, 0.3) is 10.8 Å². The van der Waals surface area contributed by atoms with Crippen LogP contribution >= 0.6 is 0 Å². The molecule has 0 radical (unpaired) electrons. The summed E-state index contributed by atoms with van der Waals surface area (Å²) in [7, 11) is 0.357. The summed E-state index contributed by atoms with van der Waals surface area (Å²) in [5.41, 5.74) is 2.43. The molecule has 1 saturated heterocycles. The molecule has 0 aliphatic carbocycles. The van der Waals surface area contributed by atoms with Gasteiger partial charge in [-0.15, -0.1) is 0 Å². The predicted molar refractivity (Wildman–Crippen MR) is 134 cm³/mol. The standard InChI is InChI=1S/C28H33O3S/c1-20-17-23(32-15-8-5-9-16-32)18-21(2)27(20)30-19-26(29)31-28(3,4)25-14-10-12-22-11-6-7-13-24(22)25/h6-7,10-14,17-18H,5,8-9,15-16,19H2,1-4H3/q+1. The number of carbonyl (C=O) groups excluding carboxylic acids is 1. The molecule has 0 bridgehead atoms. The van der Waals surface area contributed by atoms with E-state index in [9.17, 15) is 4.79 Å². The van der Waals surface area contributed by atoms with E-state index >= 15 is 0 Å². The van der Waals surface area contributed by atoms with Gasteiger partial charge in [-0.05, 0) is 81.0 Å². The first-order valence-corrected chi connectivity index (χ1v) is 13.0. The molecule has 0 amide bonds. The summed E-state index contributed by atoms with van der Waals surface area (Å²) < 4.78 is 11.9. The van der Waals surface area contributed by atoms with Crippen molar-refractivity contribution in [3.8, 4) is 5.75 Å². The van der Waals surface area contributed by atoms with E-state index in [1.807, 2.05) is 38.1 Å². The Balaban J connectivity index is 1.44. The van der Waals surface area contributed by atoms with Crippen LogP contribution in [-0.2, 0) is 26.0 Å². The van der Waals surface area contributed by atoms with E-state index in [4.69, 9.17) is 9.47 Å². The molecule has 0 N–H and O–H groups in total. The van der Waals surface area contributed by atoms with Gasteiger partial charge in [0.2, 0.25) is 0 Å². The molecule has 3 aromatic carbocycles. The molecule has 3 nitrogen and oxygen atoms in total. The van der Waals surface area contributed by atoms with Crippen molar-refractivity contribution in [2.24, 2.45) is 0 Å². The van der Waals surface area contributed by atoms with Crippen LogP contribution in [0.2, 0.25) is 0 Å². The average molecular weight is 450 g/mol. The minimum absolute atomic E-state index is 0.0963. The van der Waals surface area contributed by atoms with Crippen LogP contribution in [0.5, 0.6) is 5.75 Å². The zero-order chi connectivity index (χ0) is 22.7. The fourth-order valence-electron chi connectivity index (χ4n) is 4.62. The number of benzene rings is 3. The van der Waals surface area contributed by atoms with Gasteiger partial charge in [0.25, 0.3) is 0 Å². The van der Waals surface area contributed by atoms with Crippen LogP contribution < -0.4 is 4.74 Å². The lowest BCUT2D eigenvalue weighted by molar-refractivity contribution is -0.159. The van der Waals surface area contributed by atoms with Crippen molar-refractivity contribution in [3.63, 3.8) is 0 Å². The van der Waals surface area contributed by atoms with Crippen LogP contribution in [0, 0.1) is 13.8 Å². The SMILES string of the molecule is Cc1cc([S+]2CCCCC2)cc(C)c1OCC(=O)OC(C)(C)c1cccc2ccccc12. The number of hydrogen-bond acceptors (Lipinski definition) is 3. The number of hydrogen-bond donors (Lipinski definition) is 0. The second-order valence-corrected chi connectivity index (χ2v) is 11.4. The maximum Gasteiger partial charge on any atom is 0.345 e. The molecule has 168 valence electrons. The number of esters is 1. The number of aryl methyl sites for hydroxylation is 2. The molecule has 0 spiro atoms. The van der Waals surface area contributed by atoms with Crippen molar-refractivity contribution in [3.05, 3.63) is 71.3 Å². The maximum atomic E-state index is 12.7. The lowest BCUT2D eigenvalue weighted by Gasteiger charge is -2.27. The van der Waals surface area contributed by atoms with Crippen LogP contribution in [0.15, 0.2) is 59.5 Å². The second kappa shape index (κ2) is 9.58. The number of carbonyl (C=O) groups is 1. The highest BCUT2D eigenvalue weighted by atomic mass is 32.2. The molecular formula is C28H33O3S+. The van der Waals surface area contributed by atoms with Crippen molar-refractivity contribution in [1.82, 2.24) is 0 Å². The normalized spacial score (nSPS) is 15.0. The molecule has 1 aliphatic heterocycles. The maximum absolute atomic E-state index is 12.7. The smallest absolute Gasteiger partial charge is 0.345 e. The summed E-state index contributed by atoms with van der Waals surface area (Å²) in [4.78, 5) is 14.2. The third-order valence-corrected chi connectivity index (χ3v) is 8.66. The molecule has 0 unspecified atom stereocenters. The van der Waals surface area contributed by atoms with E-state index in [1.54, 1.807) is 0 Å². The first-order chi connectivity index (χ1) is 15.3. The van der Waals surface area contributed by atoms with Gasteiger partial charge in [-0.3, -0.25) is 0 Å². The third-order valence-electron chi connectivity index (χ3n) is 6.19. The van der Waals surface area contributed by atoms with Gasteiger partial charge >= 0.3 is 5.97 Å². The van der Waals surface area contributed by atoms with Gasteiger partial charge in [-0.1, -0.05) is 42.5 Å². The van der Waals surface area contributed by atoms with E-state index in [2.05, 4.69) is 44.2 Å². The first kappa shape index (κ1) is 22.7. The Hall–Kier alpha value is -2.46. The van der Waals surface area contributed by atoms with E-state index in [0.29, 0.717) is 10.9 Å². The van der Waals surface area contributed by atoms with Crippen molar-refractivity contribution in [2.75, 3.05) is 18.1 Å². The summed E-state index contributed by atoms with van der Waals surface area (Å²) in [6.45, 7) is 7.92. The van der Waals surface area contributed by atoms with E-state index in [0.717, 1.165) is 33.2 Å². The van der Waals surface area contributed by atoms with Crippen molar-refractivity contribution >= 4 is 27.6 Å². The van der Waals surface area contributed by atoms with Crippen molar-refractivity contribution in [2.45, 2.75) is 57.5 Å². The third kappa shape index (κ3) is 4.96. The van der Waals surface area contributed by atoms with Gasteiger partial charge in [-0.25, -0.2) is 4.79 Å². The Labute approximate surface area is 194 Å². The van der Waals surface area contributed by atoms with E-state index in [-0.39, 0.29) is 12.6 Å². The highest BCUT2D eigenvalue weighted by Gasteiger charge is 2.29. The molecule has 4 rings (SSSR count). The molecule has 4 heteroatoms. The molecule has 0 aromatic heterocycles. The molecule has 1 heterocycles. The lowest BCUT2D eigenvalue weighted by Crippen LogP contribution is -2.29. The highest BCUT2D eigenvalue weighted by molar-refractivity contribution is 7.96. The first-order valence-electron chi connectivity index (χ1n) is 11.5. The Morgan fingerprint density at radius 3 is 2.31 bits per heavy atom. The largest absolute Gasteiger partial charge is 0.481 e. The molecular weight excluding hydrogens is 416 g/mol. The summed E-state index contributed by atoms with van der Waals surface area (Å²) in [5.74, 6) is 3.04. The number of fused-ring (bicyclic) bond motifs is 1. The summed E-state index contributed by atoms with van der Waals surface area (Å²) in [6, 6.07) is 18.8. The number of rotatable bonds is 6. The Kier molecular flexibility index (Phi) is 6.80. The van der Waals surface area contributed by atoms with Gasteiger partial charge in [0.1, 0.15) is 22.9 Å². The lowest BCUT2D eigenvalue weighted by atomic mass is 9.92. The summed E-state index contributed by atoms with van der Waals surface area (Å²) in [6.07, 6.45) is 4.02. The van der Waals surface area contributed by atoms with Crippen LogP contribution in [0.1, 0.15) is 49.8 Å². The molecule has 3 aromatic rings. The predicted octanol–water partition coefficient (Wildman–Crippen LogP) is 6.48. The topological polar surface area (TPSA) is 35.5 Å².